The first kappa shape index (κ1) is 15.5. The third kappa shape index (κ3) is 5.38. The molecule has 0 radical (unpaired) electrons. The van der Waals surface area contributed by atoms with Gasteiger partial charge in [-0.15, -0.1) is 0 Å². The fourth-order valence-corrected chi connectivity index (χ4v) is 2.75. The summed E-state index contributed by atoms with van der Waals surface area (Å²) in [5, 5.41) is 6.60. The lowest BCUT2D eigenvalue weighted by molar-refractivity contribution is -0.122. The Morgan fingerprint density at radius 3 is 2.78 bits per heavy atom. The van der Waals surface area contributed by atoms with Gasteiger partial charge in [0.05, 0.1) is 0 Å². The first-order valence-corrected chi connectivity index (χ1v) is 7.55. The first-order valence-electron chi connectivity index (χ1n) is 7.55. The molecule has 3 nitrogen and oxygen atoms in total. The van der Waals surface area contributed by atoms with Crippen LogP contribution in [0.1, 0.15) is 59.8 Å². The molecule has 3 heteroatoms. The molecular weight excluding hydrogens is 224 g/mol. The van der Waals surface area contributed by atoms with Crippen molar-refractivity contribution in [2.24, 2.45) is 11.8 Å². The van der Waals surface area contributed by atoms with Gasteiger partial charge in [-0.1, -0.05) is 27.2 Å². The summed E-state index contributed by atoms with van der Waals surface area (Å²) in [5.74, 6) is 1.51. The highest BCUT2D eigenvalue weighted by Gasteiger charge is 2.23. The van der Waals surface area contributed by atoms with Gasteiger partial charge in [-0.05, 0) is 44.6 Å². The summed E-state index contributed by atoms with van der Waals surface area (Å²) in [5.41, 5.74) is 0. The highest BCUT2D eigenvalue weighted by Crippen LogP contribution is 2.18. The molecule has 1 aliphatic rings. The molecule has 0 bridgehead atoms. The van der Waals surface area contributed by atoms with Crippen LogP contribution in [-0.4, -0.2) is 24.5 Å². The molecule has 4 unspecified atom stereocenters. The molecule has 1 rings (SSSR count). The molecule has 0 saturated carbocycles. The lowest BCUT2D eigenvalue weighted by Crippen LogP contribution is -2.45. The van der Waals surface area contributed by atoms with E-state index in [-0.39, 0.29) is 5.91 Å². The lowest BCUT2D eigenvalue weighted by atomic mass is 9.90. The van der Waals surface area contributed by atoms with E-state index in [9.17, 15) is 4.79 Å². The number of carbonyl (C=O) groups is 1. The highest BCUT2D eigenvalue weighted by molar-refractivity contribution is 5.76. The van der Waals surface area contributed by atoms with Gasteiger partial charge in [-0.2, -0.15) is 0 Å². The van der Waals surface area contributed by atoms with Gasteiger partial charge in [0.2, 0.25) is 5.91 Å². The predicted molar refractivity (Wildman–Crippen MR) is 76.5 cm³/mol. The number of piperidine rings is 1. The summed E-state index contributed by atoms with van der Waals surface area (Å²) in [4.78, 5) is 12.0. The Kier molecular flexibility index (Phi) is 6.69. The van der Waals surface area contributed by atoms with Gasteiger partial charge in [0.15, 0.2) is 0 Å². The van der Waals surface area contributed by atoms with E-state index >= 15 is 0 Å². The highest BCUT2D eigenvalue weighted by atomic mass is 16.1. The van der Waals surface area contributed by atoms with Crippen LogP contribution in [0.4, 0.5) is 0 Å². The van der Waals surface area contributed by atoms with Crippen molar-refractivity contribution in [3.63, 3.8) is 0 Å². The van der Waals surface area contributed by atoms with Gasteiger partial charge in [0.1, 0.15) is 0 Å². The minimum absolute atomic E-state index is 0.206. The van der Waals surface area contributed by atoms with E-state index in [0.717, 1.165) is 13.0 Å². The molecule has 106 valence electrons. The van der Waals surface area contributed by atoms with E-state index in [0.29, 0.717) is 30.3 Å². The Bertz CT molecular complexity index is 255. The molecule has 0 aromatic rings. The van der Waals surface area contributed by atoms with Crippen molar-refractivity contribution in [3.05, 3.63) is 0 Å². The fourth-order valence-electron chi connectivity index (χ4n) is 2.75. The minimum atomic E-state index is 0.206. The van der Waals surface area contributed by atoms with Crippen molar-refractivity contribution in [2.75, 3.05) is 6.54 Å². The second-order valence-corrected chi connectivity index (χ2v) is 6.10. The Hall–Kier alpha value is -0.570. The zero-order valence-corrected chi connectivity index (χ0v) is 12.5. The normalized spacial score (nSPS) is 27.6. The third-order valence-electron chi connectivity index (χ3n) is 4.20. The van der Waals surface area contributed by atoms with Gasteiger partial charge >= 0.3 is 0 Å². The van der Waals surface area contributed by atoms with Crippen molar-refractivity contribution in [3.8, 4) is 0 Å². The van der Waals surface area contributed by atoms with E-state index in [1.54, 1.807) is 0 Å². The maximum Gasteiger partial charge on any atom is 0.221 e. The standard InChI is InChI=1S/C15H30N2O/c1-5-11(2)9-13(4)17-15(18)10-14-12(3)7-6-8-16-14/h11-14,16H,5-10H2,1-4H3,(H,17,18). The van der Waals surface area contributed by atoms with Crippen molar-refractivity contribution in [2.45, 2.75) is 71.9 Å². The molecule has 1 amide bonds. The Labute approximate surface area is 112 Å². The Morgan fingerprint density at radius 1 is 1.44 bits per heavy atom. The van der Waals surface area contributed by atoms with E-state index in [2.05, 4.69) is 38.3 Å². The van der Waals surface area contributed by atoms with Gasteiger partial charge in [0, 0.05) is 18.5 Å². The SMILES string of the molecule is CCC(C)CC(C)NC(=O)CC1NCCCC1C. The summed E-state index contributed by atoms with van der Waals surface area (Å²) in [6, 6.07) is 0.667. The number of carbonyl (C=O) groups excluding carboxylic acids is 1. The summed E-state index contributed by atoms with van der Waals surface area (Å²) < 4.78 is 0. The van der Waals surface area contributed by atoms with Crippen molar-refractivity contribution in [1.29, 1.82) is 0 Å². The summed E-state index contributed by atoms with van der Waals surface area (Å²) in [6.07, 6.45) is 5.38. The predicted octanol–water partition coefficient (Wildman–Crippen LogP) is 2.71. The number of rotatable bonds is 6. The number of nitrogens with one attached hydrogen (secondary N) is 2. The Morgan fingerprint density at radius 2 is 2.17 bits per heavy atom. The van der Waals surface area contributed by atoms with Crippen LogP contribution in [0.2, 0.25) is 0 Å². The molecule has 0 aliphatic carbocycles. The molecule has 0 spiro atoms. The van der Waals surface area contributed by atoms with Gasteiger partial charge in [0.25, 0.3) is 0 Å². The molecule has 1 heterocycles. The largest absolute Gasteiger partial charge is 0.354 e. The Balaban J connectivity index is 2.27. The van der Waals surface area contributed by atoms with E-state index in [1.165, 1.54) is 19.3 Å². The lowest BCUT2D eigenvalue weighted by Gasteiger charge is -2.30. The molecule has 0 aromatic heterocycles. The van der Waals surface area contributed by atoms with Crippen LogP contribution >= 0.6 is 0 Å². The number of hydrogen-bond acceptors (Lipinski definition) is 2. The van der Waals surface area contributed by atoms with Crippen LogP contribution in [0, 0.1) is 11.8 Å². The summed E-state index contributed by atoms with van der Waals surface area (Å²) >= 11 is 0. The molecule has 2 N–H and O–H groups in total. The minimum Gasteiger partial charge on any atom is -0.354 e. The summed E-state index contributed by atoms with van der Waals surface area (Å²) in [7, 11) is 0. The third-order valence-corrected chi connectivity index (χ3v) is 4.20. The molecule has 0 aromatic carbocycles. The van der Waals surface area contributed by atoms with E-state index in [1.807, 2.05) is 0 Å². The van der Waals surface area contributed by atoms with E-state index in [4.69, 9.17) is 0 Å². The topological polar surface area (TPSA) is 41.1 Å². The summed E-state index contributed by atoms with van der Waals surface area (Å²) in [6.45, 7) is 9.86. The van der Waals surface area contributed by atoms with Crippen molar-refractivity contribution < 1.29 is 4.79 Å². The number of hydrogen-bond donors (Lipinski definition) is 2. The van der Waals surface area contributed by atoms with Crippen molar-refractivity contribution in [1.82, 2.24) is 10.6 Å². The van der Waals surface area contributed by atoms with E-state index < -0.39 is 0 Å². The molecule has 4 atom stereocenters. The number of amides is 1. The van der Waals surface area contributed by atoms with Gasteiger partial charge in [-0.3, -0.25) is 4.79 Å². The van der Waals surface area contributed by atoms with Crippen LogP contribution < -0.4 is 10.6 Å². The molecule has 1 fully saturated rings. The van der Waals surface area contributed by atoms with Crippen LogP contribution in [0.5, 0.6) is 0 Å². The monoisotopic (exact) mass is 254 g/mol. The van der Waals surface area contributed by atoms with Crippen molar-refractivity contribution >= 4 is 5.91 Å². The van der Waals surface area contributed by atoms with Gasteiger partial charge < -0.3 is 10.6 Å². The second-order valence-electron chi connectivity index (χ2n) is 6.10. The maximum absolute atomic E-state index is 12.0. The molecule has 1 saturated heterocycles. The van der Waals surface area contributed by atoms with Crippen LogP contribution in [0.15, 0.2) is 0 Å². The second kappa shape index (κ2) is 7.78. The van der Waals surface area contributed by atoms with Crippen LogP contribution in [0.3, 0.4) is 0 Å². The average Bonchev–Trinajstić information content (AvgIpc) is 2.31. The zero-order valence-electron chi connectivity index (χ0n) is 12.5. The zero-order chi connectivity index (χ0) is 13.5. The molecule has 1 aliphatic heterocycles. The molecule has 18 heavy (non-hydrogen) atoms. The first-order chi connectivity index (χ1) is 8.52. The van der Waals surface area contributed by atoms with Crippen LogP contribution in [-0.2, 0) is 4.79 Å². The van der Waals surface area contributed by atoms with Gasteiger partial charge in [-0.25, -0.2) is 0 Å². The molecular formula is C15H30N2O. The average molecular weight is 254 g/mol. The smallest absolute Gasteiger partial charge is 0.221 e. The maximum atomic E-state index is 12.0. The van der Waals surface area contributed by atoms with Crippen LogP contribution in [0.25, 0.3) is 0 Å². The fraction of sp³-hybridized carbons (Fsp3) is 0.933. The quantitative estimate of drug-likeness (QED) is 0.765.